The van der Waals surface area contributed by atoms with Gasteiger partial charge >= 0.3 is 0 Å². The molecule has 1 nitrogen and oxygen atoms in total. The molecule has 0 saturated carbocycles. The van der Waals surface area contributed by atoms with Gasteiger partial charge in [-0.05, 0) is 59.2 Å². The predicted octanol–water partition coefficient (Wildman–Crippen LogP) is 8.98. The van der Waals surface area contributed by atoms with Gasteiger partial charge in [-0.2, -0.15) is 5.26 Å². The van der Waals surface area contributed by atoms with Gasteiger partial charge in [-0.15, -0.1) is 0 Å². The zero-order valence-corrected chi connectivity index (χ0v) is 19.2. The lowest BCUT2D eigenvalue weighted by atomic mass is 9.95. The van der Waals surface area contributed by atoms with Crippen LogP contribution in [0, 0.1) is 28.8 Å². The summed E-state index contributed by atoms with van der Waals surface area (Å²) in [5.74, 6) is -2.05. The second-order valence-electron chi connectivity index (χ2n) is 8.65. The molecule has 0 aliphatic heterocycles. The van der Waals surface area contributed by atoms with E-state index in [0.717, 1.165) is 30.4 Å². The molecule has 0 N–H and O–H groups in total. The number of nitriles is 1. The van der Waals surface area contributed by atoms with Gasteiger partial charge in [0.1, 0.15) is 17.5 Å². The monoisotopic (exact) mass is 457 g/mol. The maximum Gasteiger partial charge on any atom is 0.138 e. The van der Waals surface area contributed by atoms with Crippen LogP contribution in [0.4, 0.5) is 13.2 Å². The van der Waals surface area contributed by atoms with E-state index >= 15 is 4.39 Å². The number of rotatable bonds is 8. The normalized spacial score (nSPS) is 11.0. The van der Waals surface area contributed by atoms with Gasteiger partial charge in [0, 0.05) is 10.9 Å². The largest absolute Gasteiger partial charge is 0.206 e. The second kappa shape index (κ2) is 10.6. The molecule has 0 saturated heterocycles. The number of nitrogens with zero attached hydrogens (tertiary/aromatic N) is 1. The Balaban J connectivity index is 1.62. The molecule has 4 aromatic carbocycles. The average molecular weight is 458 g/mol. The summed E-state index contributed by atoms with van der Waals surface area (Å²) < 4.78 is 45.2. The number of aryl methyl sites for hydroxylation is 1. The van der Waals surface area contributed by atoms with Crippen molar-refractivity contribution >= 4 is 10.8 Å². The molecule has 0 unspecified atom stereocenters. The summed E-state index contributed by atoms with van der Waals surface area (Å²) in [6.07, 6.45) is 6.95. The minimum atomic E-state index is -0.780. The molecule has 0 aromatic heterocycles. The van der Waals surface area contributed by atoms with E-state index in [1.54, 1.807) is 18.2 Å². The quantitative estimate of drug-likeness (QED) is 0.242. The lowest BCUT2D eigenvalue weighted by molar-refractivity contribution is 0.590. The molecular weight excluding hydrogens is 431 g/mol. The van der Waals surface area contributed by atoms with Crippen LogP contribution in [-0.4, -0.2) is 0 Å². The van der Waals surface area contributed by atoms with Gasteiger partial charge in [-0.25, -0.2) is 13.2 Å². The molecule has 0 atom stereocenters. The van der Waals surface area contributed by atoms with Crippen molar-refractivity contribution in [2.24, 2.45) is 0 Å². The van der Waals surface area contributed by atoms with E-state index in [1.165, 1.54) is 55.5 Å². The molecule has 0 amide bonds. The molecule has 172 valence electrons. The van der Waals surface area contributed by atoms with E-state index in [-0.39, 0.29) is 16.7 Å². The lowest BCUT2D eigenvalue weighted by Crippen LogP contribution is -1.95. The van der Waals surface area contributed by atoms with Crippen molar-refractivity contribution < 1.29 is 13.2 Å². The molecule has 0 radical (unpaired) electrons. The highest BCUT2D eigenvalue weighted by Gasteiger charge is 2.17. The van der Waals surface area contributed by atoms with Crippen LogP contribution in [-0.2, 0) is 6.42 Å². The van der Waals surface area contributed by atoms with Crippen LogP contribution in [0.5, 0.6) is 0 Å². The van der Waals surface area contributed by atoms with Crippen molar-refractivity contribution in [1.82, 2.24) is 0 Å². The number of benzene rings is 4. The van der Waals surface area contributed by atoms with Gasteiger partial charge in [0.05, 0.1) is 17.2 Å². The molecule has 0 fully saturated rings. The van der Waals surface area contributed by atoms with E-state index in [4.69, 9.17) is 5.26 Å². The number of fused-ring (bicyclic) bond motifs is 1. The first-order valence-electron chi connectivity index (χ1n) is 11.7. The fourth-order valence-electron chi connectivity index (χ4n) is 4.37. The molecule has 0 bridgehead atoms. The molecule has 0 spiro atoms. The van der Waals surface area contributed by atoms with Crippen molar-refractivity contribution in [3.8, 4) is 28.3 Å². The van der Waals surface area contributed by atoms with E-state index in [1.807, 2.05) is 18.2 Å². The van der Waals surface area contributed by atoms with Crippen LogP contribution in [0.1, 0.15) is 50.2 Å². The van der Waals surface area contributed by atoms with Crippen LogP contribution in [0.3, 0.4) is 0 Å². The molecule has 4 heteroatoms. The third-order valence-corrected chi connectivity index (χ3v) is 6.24. The Hall–Kier alpha value is -3.58. The molecular formula is C30H26F3N. The Kier molecular flexibility index (Phi) is 7.33. The highest BCUT2D eigenvalue weighted by Crippen LogP contribution is 2.34. The number of hydrogen-bond acceptors (Lipinski definition) is 1. The zero-order chi connectivity index (χ0) is 24.1. The Bertz CT molecular complexity index is 1330. The van der Waals surface area contributed by atoms with E-state index < -0.39 is 17.5 Å². The van der Waals surface area contributed by atoms with Crippen LogP contribution < -0.4 is 0 Å². The van der Waals surface area contributed by atoms with E-state index in [2.05, 4.69) is 6.92 Å². The first-order chi connectivity index (χ1) is 16.5. The van der Waals surface area contributed by atoms with Gasteiger partial charge in [0.15, 0.2) is 0 Å². The highest BCUT2D eigenvalue weighted by molar-refractivity contribution is 5.89. The van der Waals surface area contributed by atoms with Gasteiger partial charge in [-0.1, -0.05) is 75.1 Å². The summed E-state index contributed by atoms with van der Waals surface area (Å²) in [5.41, 5.74) is 2.00. The van der Waals surface area contributed by atoms with Crippen molar-refractivity contribution in [2.75, 3.05) is 0 Å². The smallest absolute Gasteiger partial charge is 0.138 e. The molecule has 4 aromatic rings. The maximum atomic E-state index is 15.4. The van der Waals surface area contributed by atoms with Gasteiger partial charge in [0.2, 0.25) is 0 Å². The van der Waals surface area contributed by atoms with Crippen molar-refractivity contribution in [3.63, 3.8) is 0 Å². The first kappa shape index (κ1) is 23.6. The Morgan fingerprint density at radius 3 is 2.12 bits per heavy atom. The SMILES string of the molecule is CCCCCCCc1ccc2c(F)c(-c3cc(F)c(-c4ccc(C#N)cc4)c(F)c3)ccc2c1. The molecule has 0 heterocycles. The average Bonchev–Trinajstić information content (AvgIpc) is 2.84. The van der Waals surface area contributed by atoms with Gasteiger partial charge < -0.3 is 0 Å². The summed E-state index contributed by atoms with van der Waals surface area (Å²) in [7, 11) is 0. The fourth-order valence-corrected chi connectivity index (χ4v) is 4.37. The van der Waals surface area contributed by atoms with Crippen LogP contribution in [0.15, 0.2) is 66.7 Å². The maximum absolute atomic E-state index is 15.4. The van der Waals surface area contributed by atoms with Crippen LogP contribution >= 0.6 is 0 Å². The van der Waals surface area contributed by atoms with Crippen molar-refractivity contribution in [1.29, 1.82) is 5.26 Å². The van der Waals surface area contributed by atoms with Gasteiger partial charge in [-0.3, -0.25) is 0 Å². The molecule has 0 aliphatic carbocycles. The third-order valence-electron chi connectivity index (χ3n) is 6.24. The Morgan fingerprint density at radius 2 is 1.44 bits per heavy atom. The van der Waals surface area contributed by atoms with Crippen molar-refractivity contribution in [3.05, 3.63) is 95.3 Å². The van der Waals surface area contributed by atoms with Gasteiger partial charge in [0.25, 0.3) is 0 Å². The number of hydrogen-bond donors (Lipinski definition) is 0. The summed E-state index contributed by atoms with van der Waals surface area (Å²) in [5, 5.41) is 10.1. The standard InChI is InChI=1S/C30H26F3N/c1-2-3-4-5-6-7-20-10-14-25-23(16-20)13-15-26(30(25)33)24-17-27(31)29(28(32)18-24)22-11-8-21(19-34)9-12-22/h8-18H,2-7H2,1H3. The predicted molar refractivity (Wildman–Crippen MR) is 132 cm³/mol. The minimum absolute atomic E-state index is 0.145. The summed E-state index contributed by atoms with van der Waals surface area (Å²) in [6, 6.07) is 19.4. The number of halogens is 3. The highest BCUT2D eigenvalue weighted by atomic mass is 19.1. The Labute approximate surface area is 198 Å². The Morgan fingerprint density at radius 1 is 0.735 bits per heavy atom. The summed E-state index contributed by atoms with van der Waals surface area (Å²) >= 11 is 0. The topological polar surface area (TPSA) is 23.8 Å². The minimum Gasteiger partial charge on any atom is -0.206 e. The summed E-state index contributed by atoms with van der Waals surface area (Å²) in [6.45, 7) is 2.19. The fraction of sp³-hybridized carbons (Fsp3) is 0.233. The lowest BCUT2D eigenvalue weighted by Gasteiger charge is -2.12. The van der Waals surface area contributed by atoms with Crippen LogP contribution in [0.25, 0.3) is 33.0 Å². The number of unbranched alkanes of at least 4 members (excludes halogenated alkanes) is 4. The zero-order valence-electron chi connectivity index (χ0n) is 19.2. The molecule has 0 aliphatic rings. The third kappa shape index (κ3) is 4.99. The van der Waals surface area contributed by atoms with Crippen LogP contribution in [0.2, 0.25) is 0 Å². The second-order valence-corrected chi connectivity index (χ2v) is 8.65. The van der Waals surface area contributed by atoms with Crippen molar-refractivity contribution in [2.45, 2.75) is 45.4 Å². The first-order valence-corrected chi connectivity index (χ1v) is 11.7. The van der Waals surface area contributed by atoms with E-state index in [9.17, 15) is 8.78 Å². The summed E-state index contributed by atoms with van der Waals surface area (Å²) in [4.78, 5) is 0. The molecule has 4 rings (SSSR count). The van der Waals surface area contributed by atoms with E-state index in [0.29, 0.717) is 16.5 Å². The molecule has 34 heavy (non-hydrogen) atoms.